The molecule has 1 amide bonds. The minimum absolute atomic E-state index is 0.0177. The van der Waals surface area contributed by atoms with Crippen LogP contribution in [0.3, 0.4) is 0 Å². The topological polar surface area (TPSA) is 85.1 Å². The van der Waals surface area contributed by atoms with Crippen LogP contribution in [0.25, 0.3) is 16.3 Å². The third-order valence-corrected chi connectivity index (χ3v) is 5.35. The molecule has 0 aliphatic rings. The monoisotopic (exact) mass is 371 g/mol. The van der Waals surface area contributed by atoms with Gasteiger partial charge < -0.3 is 5.32 Å². The summed E-state index contributed by atoms with van der Waals surface area (Å²) in [5.74, 6) is -0.271. The van der Waals surface area contributed by atoms with Gasteiger partial charge >= 0.3 is 0 Å². The van der Waals surface area contributed by atoms with Gasteiger partial charge in [-0.25, -0.2) is 4.98 Å². The molecule has 0 atom stereocenters. The van der Waals surface area contributed by atoms with Crippen LogP contribution in [-0.4, -0.2) is 22.1 Å². The van der Waals surface area contributed by atoms with Crippen molar-refractivity contribution in [3.63, 3.8) is 0 Å². The van der Waals surface area contributed by atoms with Gasteiger partial charge in [0.25, 0.3) is 5.69 Å². The number of thioether (sulfide) groups is 1. The lowest BCUT2D eigenvalue weighted by Gasteiger charge is -2.01. The summed E-state index contributed by atoms with van der Waals surface area (Å²) in [5, 5.41) is 13.4. The van der Waals surface area contributed by atoms with Gasteiger partial charge in [-0.2, -0.15) is 0 Å². The number of rotatable bonds is 5. The number of nitro benzene ring substituents is 1. The van der Waals surface area contributed by atoms with Crippen LogP contribution in [0.1, 0.15) is 5.56 Å². The van der Waals surface area contributed by atoms with Crippen molar-refractivity contribution in [1.82, 2.24) is 4.98 Å². The second kappa shape index (κ2) is 7.45. The SMILES string of the molecule is CSc1nc2ccc(NC(=O)/C=C/c3ccc([N+](=O)[O-])cc3)cc2s1. The lowest BCUT2D eigenvalue weighted by atomic mass is 10.2. The minimum atomic E-state index is -0.460. The highest BCUT2D eigenvalue weighted by Gasteiger charge is 2.06. The van der Waals surface area contributed by atoms with Crippen LogP contribution < -0.4 is 5.32 Å². The first-order valence-corrected chi connectivity index (χ1v) is 9.27. The summed E-state index contributed by atoms with van der Waals surface area (Å²) in [6.07, 6.45) is 4.98. The predicted octanol–water partition coefficient (Wildman–Crippen LogP) is 4.58. The van der Waals surface area contributed by atoms with Gasteiger partial charge in [-0.15, -0.1) is 11.3 Å². The Morgan fingerprint density at radius 3 is 2.72 bits per heavy atom. The Bertz CT molecular complexity index is 965. The average molecular weight is 371 g/mol. The van der Waals surface area contributed by atoms with E-state index < -0.39 is 4.92 Å². The Morgan fingerprint density at radius 2 is 2.04 bits per heavy atom. The molecule has 1 N–H and O–H groups in total. The van der Waals surface area contributed by atoms with Gasteiger partial charge in [0, 0.05) is 23.9 Å². The molecule has 6 nitrogen and oxygen atoms in total. The predicted molar refractivity (Wildman–Crippen MR) is 102 cm³/mol. The highest BCUT2D eigenvalue weighted by Crippen LogP contribution is 2.29. The van der Waals surface area contributed by atoms with E-state index in [1.807, 2.05) is 24.5 Å². The van der Waals surface area contributed by atoms with Crippen LogP contribution >= 0.6 is 23.1 Å². The molecule has 0 aliphatic carbocycles. The molecule has 1 aromatic heterocycles. The van der Waals surface area contributed by atoms with Crippen molar-refractivity contribution in [1.29, 1.82) is 0 Å². The molecule has 2 aromatic carbocycles. The highest BCUT2D eigenvalue weighted by molar-refractivity contribution is 8.00. The van der Waals surface area contributed by atoms with Gasteiger partial charge in [0.05, 0.1) is 15.1 Å². The van der Waals surface area contributed by atoms with Gasteiger partial charge in [0.15, 0.2) is 4.34 Å². The number of benzene rings is 2. The van der Waals surface area contributed by atoms with Gasteiger partial charge in [0.2, 0.25) is 5.91 Å². The first-order valence-electron chi connectivity index (χ1n) is 7.23. The molecule has 25 heavy (non-hydrogen) atoms. The molecule has 8 heteroatoms. The van der Waals surface area contributed by atoms with Gasteiger partial charge in [-0.05, 0) is 48.2 Å². The van der Waals surface area contributed by atoms with Crippen molar-refractivity contribution in [2.45, 2.75) is 4.34 Å². The number of anilines is 1. The zero-order valence-corrected chi connectivity index (χ0v) is 14.8. The van der Waals surface area contributed by atoms with Crippen molar-refractivity contribution in [3.8, 4) is 0 Å². The first kappa shape index (κ1) is 17.1. The summed E-state index contributed by atoms with van der Waals surface area (Å²) >= 11 is 3.17. The van der Waals surface area contributed by atoms with Gasteiger partial charge in [-0.1, -0.05) is 11.8 Å². The molecule has 0 saturated carbocycles. The first-order chi connectivity index (χ1) is 12.0. The van der Waals surface area contributed by atoms with Crippen LogP contribution in [0.4, 0.5) is 11.4 Å². The van der Waals surface area contributed by atoms with Crippen molar-refractivity contribution in [3.05, 3.63) is 64.2 Å². The summed E-state index contributed by atoms with van der Waals surface area (Å²) in [6, 6.07) is 11.6. The second-order valence-electron chi connectivity index (χ2n) is 5.04. The molecule has 0 aliphatic heterocycles. The molecular weight excluding hydrogens is 358 g/mol. The van der Waals surface area contributed by atoms with Crippen LogP contribution in [-0.2, 0) is 4.79 Å². The number of non-ortho nitro benzene ring substituents is 1. The number of carbonyl (C=O) groups excluding carboxylic acids is 1. The van der Waals surface area contributed by atoms with E-state index in [1.165, 1.54) is 18.2 Å². The lowest BCUT2D eigenvalue weighted by molar-refractivity contribution is -0.384. The van der Waals surface area contributed by atoms with E-state index in [2.05, 4.69) is 10.3 Å². The molecule has 0 unspecified atom stereocenters. The molecule has 0 radical (unpaired) electrons. The number of carbonyl (C=O) groups is 1. The summed E-state index contributed by atoms with van der Waals surface area (Å²) in [7, 11) is 0. The number of nitrogens with zero attached hydrogens (tertiary/aromatic N) is 2. The Balaban J connectivity index is 1.68. The fourth-order valence-electron chi connectivity index (χ4n) is 2.13. The maximum atomic E-state index is 12.0. The minimum Gasteiger partial charge on any atom is -0.322 e. The summed E-state index contributed by atoms with van der Waals surface area (Å²) in [5.41, 5.74) is 2.34. The fourth-order valence-corrected chi connectivity index (χ4v) is 3.66. The maximum Gasteiger partial charge on any atom is 0.269 e. The van der Waals surface area contributed by atoms with E-state index in [0.717, 1.165) is 14.6 Å². The molecule has 126 valence electrons. The number of aromatic nitrogens is 1. The van der Waals surface area contributed by atoms with Gasteiger partial charge in [0.1, 0.15) is 0 Å². The molecule has 0 fully saturated rings. The number of hydrogen-bond donors (Lipinski definition) is 1. The fraction of sp³-hybridized carbons (Fsp3) is 0.0588. The molecule has 3 rings (SSSR count). The summed E-state index contributed by atoms with van der Waals surface area (Å²) < 4.78 is 2.00. The number of hydrogen-bond acceptors (Lipinski definition) is 6. The Morgan fingerprint density at radius 1 is 1.28 bits per heavy atom. The second-order valence-corrected chi connectivity index (χ2v) is 7.12. The highest BCUT2D eigenvalue weighted by atomic mass is 32.2. The smallest absolute Gasteiger partial charge is 0.269 e. The quantitative estimate of drug-likeness (QED) is 0.307. The number of thiazole rings is 1. The third-order valence-electron chi connectivity index (χ3n) is 3.34. The Hall–Kier alpha value is -2.71. The van der Waals surface area contributed by atoms with Crippen LogP contribution in [0, 0.1) is 10.1 Å². The van der Waals surface area contributed by atoms with E-state index >= 15 is 0 Å². The van der Waals surface area contributed by atoms with Crippen molar-refractivity contribution in [2.24, 2.45) is 0 Å². The van der Waals surface area contributed by atoms with E-state index in [9.17, 15) is 14.9 Å². The van der Waals surface area contributed by atoms with E-state index in [-0.39, 0.29) is 11.6 Å². The number of nitro groups is 1. The number of nitrogens with one attached hydrogen (secondary N) is 1. The standard InChI is InChI=1S/C17H13N3O3S2/c1-24-17-19-14-8-5-12(10-15(14)25-17)18-16(21)9-4-11-2-6-13(7-3-11)20(22)23/h2-10H,1H3,(H,18,21)/b9-4+. The molecule has 0 bridgehead atoms. The van der Waals surface area contributed by atoms with Crippen LogP contribution in [0.2, 0.25) is 0 Å². The molecule has 3 aromatic rings. The zero-order valence-electron chi connectivity index (χ0n) is 13.1. The molecule has 0 spiro atoms. The maximum absolute atomic E-state index is 12.0. The van der Waals surface area contributed by atoms with E-state index in [0.29, 0.717) is 11.3 Å². The molecule has 0 saturated heterocycles. The average Bonchev–Trinajstić information content (AvgIpc) is 3.02. The van der Waals surface area contributed by atoms with Crippen LogP contribution in [0.5, 0.6) is 0 Å². The van der Waals surface area contributed by atoms with E-state index in [4.69, 9.17) is 0 Å². The van der Waals surface area contributed by atoms with Crippen LogP contribution in [0.15, 0.2) is 52.9 Å². The summed E-state index contributed by atoms with van der Waals surface area (Å²) in [6.45, 7) is 0. The molecular formula is C17H13N3O3S2. The largest absolute Gasteiger partial charge is 0.322 e. The van der Waals surface area contributed by atoms with Crippen molar-refractivity contribution >= 4 is 56.7 Å². The normalized spacial score (nSPS) is 11.1. The van der Waals surface area contributed by atoms with E-state index in [1.54, 1.807) is 41.3 Å². The van der Waals surface area contributed by atoms with Crippen molar-refractivity contribution < 1.29 is 9.72 Å². The zero-order chi connectivity index (χ0) is 17.8. The Kier molecular flexibility index (Phi) is 5.11. The Labute approximate surface area is 151 Å². The lowest BCUT2D eigenvalue weighted by Crippen LogP contribution is -2.07. The van der Waals surface area contributed by atoms with Gasteiger partial charge in [-0.3, -0.25) is 14.9 Å². The summed E-state index contributed by atoms with van der Waals surface area (Å²) in [4.78, 5) is 26.6. The number of fused-ring (bicyclic) bond motifs is 1. The number of amides is 1. The molecule has 1 heterocycles. The third kappa shape index (κ3) is 4.23. The van der Waals surface area contributed by atoms with Crippen molar-refractivity contribution in [2.75, 3.05) is 11.6 Å².